The second-order valence-electron chi connectivity index (χ2n) is 4.67. The molecule has 0 aliphatic carbocycles. The first-order valence-electron chi connectivity index (χ1n) is 6.75. The molecule has 2 aromatic carbocycles. The van der Waals surface area contributed by atoms with Gasteiger partial charge < -0.3 is 14.8 Å². The summed E-state index contributed by atoms with van der Waals surface area (Å²) in [5.74, 6) is -1.39. The highest BCUT2D eigenvalue weighted by Gasteiger charge is 2.14. The average molecular weight is 360 g/mol. The summed E-state index contributed by atoms with van der Waals surface area (Å²) >= 11 is 5.63. The summed E-state index contributed by atoms with van der Waals surface area (Å²) in [6.07, 6.45) is 0. The second kappa shape index (κ2) is 7.92. The Bertz CT molecular complexity index is 741. The maximum atomic E-state index is 13.7. The van der Waals surface area contributed by atoms with Crippen LogP contribution in [0.1, 0.15) is 15.9 Å². The van der Waals surface area contributed by atoms with Crippen LogP contribution in [-0.4, -0.2) is 19.6 Å². The van der Waals surface area contributed by atoms with Gasteiger partial charge in [-0.3, -0.25) is 4.79 Å². The van der Waals surface area contributed by atoms with Crippen LogP contribution in [0.15, 0.2) is 36.4 Å². The van der Waals surface area contributed by atoms with E-state index in [2.05, 4.69) is 10.1 Å². The molecule has 8 heteroatoms. The lowest BCUT2D eigenvalue weighted by atomic mass is 10.1. The molecular formula is C16H13ClF3NO3. The maximum Gasteiger partial charge on any atom is 0.387 e. The van der Waals surface area contributed by atoms with E-state index in [1.165, 1.54) is 37.4 Å². The Hall–Kier alpha value is -2.41. The number of hydrogen-bond acceptors (Lipinski definition) is 3. The third-order valence-corrected chi connectivity index (χ3v) is 3.31. The molecule has 0 aromatic heterocycles. The smallest absolute Gasteiger partial charge is 0.387 e. The van der Waals surface area contributed by atoms with Crippen molar-refractivity contribution >= 4 is 17.5 Å². The second-order valence-corrected chi connectivity index (χ2v) is 5.11. The van der Waals surface area contributed by atoms with E-state index >= 15 is 0 Å². The van der Waals surface area contributed by atoms with Crippen LogP contribution >= 0.6 is 11.6 Å². The molecule has 0 aliphatic rings. The van der Waals surface area contributed by atoms with Crippen molar-refractivity contribution in [2.24, 2.45) is 0 Å². The molecule has 0 spiro atoms. The first-order chi connectivity index (χ1) is 11.4. The van der Waals surface area contributed by atoms with Crippen LogP contribution in [0.3, 0.4) is 0 Å². The number of carbonyl (C=O) groups is 1. The van der Waals surface area contributed by atoms with Crippen molar-refractivity contribution in [2.45, 2.75) is 13.2 Å². The van der Waals surface area contributed by atoms with Crippen molar-refractivity contribution in [3.8, 4) is 11.5 Å². The highest BCUT2D eigenvalue weighted by Crippen LogP contribution is 2.29. The summed E-state index contributed by atoms with van der Waals surface area (Å²) < 4.78 is 47.5. The molecule has 0 radical (unpaired) electrons. The van der Waals surface area contributed by atoms with Gasteiger partial charge in [0, 0.05) is 11.6 Å². The van der Waals surface area contributed by atoms with Crippen LogP contribution in [-0.2, 0) is 6.54 Å². The fraction of sp³-hybridized carbons (Fsp3) is 0.188. The van der Waals surface area contributed by atoms with Crippen LogP contribution in [0, 0.1) is 5.82 Å². The van der Waals surface area contributed by atoms with Crippen molar-refractivity contribution < 1.29 is 27.4 Å². The zero-order valence-electron chi connectivity index (χ0n) is 12.5. The normalized spacial score (nSPS) is 10.6. The molecular weight excluding hydrogens is 347 g/mol. The molecule has 0 bridgehead atoms. The van der Waals surface area contributed by atoms with Gasteiger partial charge in [0.05, 0.1) is 12.7 Å². The summed E-state index contributed by atoms with van der Waals surface area (Å²) in [5, 5.41) is 2.70. The molecule has 1 amide bonds. The van der Waals surface area contributed by atoms with Crippen molar-refractivity contribution in [1.29, 1.82) is 0 Å². The lowest BCUT2D eigenvalue weighted by Gasteiger charge is -2.12. The quantitative estimate of drug-likeness (QED) is 0.847. The van der Waals surface area contributed by atoms with Crippen molar-refractivity contribution in [2.75, 3.05) is 7.11 Å². The van der Waals surface area contributed by atoms with Gasteiger partial charge in [0.25, 0.3) is 5.91 Å². The van der Waals surface area contributed by atoms with E-state index in [9.17, 15) is 18.0 Å². The zero-order valence-corrected chi connectivity index (χ0v) is 13.2. The standard InChI is InChI=1S/C16H13ClF3NO3/c1-23-14-6-9(2-5-13(14)24-16(19)20)8-21-15(22)11-4-3-10(17)7-12(11)18/h2-7,16H,8H2,1H3,(H,21,22). The van der Waals surface area contributed by atoms with Gasteiger partial charge in [-0.25, -0.2) is 4.39 Å². The Labute approximate surface area is 141 Å². The number of amides is 1. The molecule has 128 valence electrons. The number of methoxy groups -OCH3 is 1. The molecule has 0 aliphatic heterocycles. The summed E-state index contributed by atoms with van der Waals surface area (Å²) in [6.45, 7) is -2.93. The molecule has 0 atom stereocenters. The van der Waals surface area contributed by atoms with Crippen molar-refractivity contribution in [3.63, 3.8) is 0 Å². The van der Waals surface area contributed by atoms with Gasteiger partial charge in [0.1, 0.15) is 5.82 Å². The molecule has 1 N–H and O–H groups in total. The lowest BCUT2D eigenvalue weighted by Crippen LogP contribution is -2.23. The molecule has 0 unspecified atom stereocenters. The summed E-state index contributed by atoms with van der Waals surface area (Å²) in [7, 11) is 1.30. The number of halogens is 4. The number of nitrogens with one attached hydrogen (secondary N) is 1. The minimum absolute atomic E-state index is 0.0478. The predicted molar refractivity (Wildman–Crippen MR) is 82.2 cm³/mol. The highest BCUT2D eigenvalue weighted by atomic mass is 35.5. The number of alkyl halides is 2. The molecule has 4 nitrogen and oxygen atoms in total. The molecule has 2 rings (SSSR count). The Balaban J connectivity index is 2.07. The maximum absolute atomic E-state index is 13.7. The van der Waals surface area contributed by atoms with Gasteiger partial charge in [-0.15, -0.1) is 0 Å². The van der Waals surface area contributed by atoms with E-state index in [-0.39, 0.29) is 28.6 Å². The molecule has 24 heavy (non-hydrogen) atoms. The lowest BCUT2D eigenvalue weighted by molar-refractivity contribution is -0.0512. The van der Waals surface area contributed by atoms with Gasteiger partial charge >= 0.3 is 6.61 Å². The van der Waals surface area contributed by atoms with Gasteiger partial charge in [0.2, 0.25) is 0 Å². The monoisotopic (exact) mass is 359 g/mol. The van der Waals surface area contributed by atoms with Crippen molar-refractivity contribution in [3.05, 3.63) is 58.4 Å². The molecule has 0 saturated heterocycles. The van der Waals surface area contributed by atoms with E-state index in [4.69, 9.17) is 16.3 Å². The Morgan fingerprint density at radius 2 is 1.96 bits per heavy atom. The van der Waals surface area contributed by atoms with E-state index < -0.39 is 18.3 Å². The minimum atomic E-state index is -2.97. The van der Waals surface area contributed by atoms with Gasteiger partial charge in [-0.1, -0.05) is 17.7 Å². The Morgan fingerprint density at radius 1 is 1.21 bits per heavy atom. The fourth-order valence-corrected chi connectivity index (χ4v) is 2.13. The fourth-order valence-electron chi connectivity index (χ4n) is 1.97. The van der Waals surface area contributed by atoms with Crippen LogP contribution in [0.25, 0.3) is 0 Å². The SMILES string of the molecule is COc1cc(CNC(=O)c2ccc(Cl)cc2F)ccc1OC(F)F. The van der Waals surface area contributed by atoms with Crippen LogP contribution < -0.4 is 14.8 Å². The summed E-state index contributed by atoms with van der Waals surface area (Å²) in [4.78, 5) is 12.0. The van der Waals surface area contributed by atoms with Crippen LogP contribution in [0.2, 0.25) is 5.02 Å². The van der Waals surface area contributed by atoms with Gasteiger partial charge in [-0.2, -0.15) is 8.78 Å². The Kier molecular flexibility index (Phi) is 5.92. The first kappa shape index (κ1) is 17.9. The van der Waals surface area contributed by atoms with Gasteiger partial charge in [-0.05, 0) is 35.9 Å². The van der Waals surface area contributed by atoms with E-state index in [0.717, 1.165) is 6.07 Å². The van der Waals surface area contributed by atoms with Gasteiger partial charge in [0.15, 0.2) is 11.5 Å². The molecule has 0 saturated carbocycles. The minimum Gasteiger partial charge on any atom is -0.493 e. The molecule has 0 fully saturated rings. The van der Waals surface area contributed by atoms with E-state index in [1.807, 2.05) is 0 Å². The molecule has 0 heterocycles. The van der Waals surface area contributed by atoms with Crippen LogP contribution in [0.5, 0.6) is 11.5 Å². The highest BCUT2D eigenvalue weighted by molar-refractivity contribution is 6.30. The number of ether oxygens (including phenoxy) is 2. The topological polar surface area (TPSA) is 47.6 Å². The zero-order chi connectivity index (χ0) is 17.7. The summed E-state index contributed by atoms with van der Waals surface area (Å²) in [6, 6.07) is 7.94. The number of hydrogen-bond donors (Lipinski definition) is 1. The first-order valence-corrected chi connectivity index (χ1v) is 7.13. The average Bonchev–Trinajstić information content (AvgIpc) is 2.53. The number of rotatable bonds is 6. The summed E-state index contributed by atoms with van der Waals surface area (Å²) in [5.41, 5.74) is 0.417. The Morgan fingerprint density at radius 3 is 2.58 bits per heavy atom. The van der Waals surface area contributed by atoms with Crippen molar-refractivity contribution in [1.82, 2.24) is 5.32 Å². The number of benzene rings is 2. The molecule has 2 aromatic rings. The van der Waals surface area contributed by atoms with E-state index in [0.29, 0.717) is 5.56 Å². The third kappa shape index (κ3) is 4.55. The number of carbonyl (C=O) groups excluding carboxylic acids is 1. The van der Waals surface area contributed by atoms with Crippen LogP contribution in [0.4, 0.5) is 13.2 Å². The predicted octanol–water partition coefficient (Wildman–Crippen LogP) is 4.02. The largest absolute Gasteiger partial charge is 0.493 e. The third-order valence-electron chi connectivity index (χ3n) is 3.07. The van der Waals surface area contributed by atoms with E-state index in [1.54, 1.807) is 0 Å².